The molecule has 1 aromatic carbocycles. The summed E-state index contributed by atoms with van der Waals surface area (Å²) in [4.78, 5) is 17.4. The van der Waals surface area contributed by atoms with Crippen molar-refractivity contribution >= 4 is 22.5 Å². The van der Waals surface area contributed by atoms with E-state index in [0.29, 0.717) is 12.5 Å². The zero-order valence-electron chi connectivity index (χ0n) is 15.9. The monoisotopic (exact) mass is 356 g/mol. The molecule has 140 valence electrons. The number of fused-ring (bicyclic) bond motifs is 1. The number of amides is 1. The van der Waals surface area contributed by atoms with E-state index in [0.717, 1.165) is 54.4 Å². The highest BCUT2D eigenvalue weighted by molar-refractivity contribution is 6.05. The van der Waals surface area contributed by atoms with E-state index in [2.05, 4.69) is 24.1 Å². The standard InChI is InChI=1S/C21H28N2O3/c1-15(2)14-26-18-10-9-17(16-8-7-13-22-19(16)18)23-20(24)21(25-3)11-5-4-6-12-21/h7-10,13,15H,4-6,11-12,14H2,1-3H3,(H,23,24). The number of hydrogen-bond acceptors (Lipinski definition) is 4. The molecule has 0 spiro atoms. The number of hydrogen-bond donors (Lipinski definition) is 1. The van der Waals surface area contributed by atoms with Gasteiger partial charge < -0.3 is 14.8 Å². The number of carbonyl (C=O) groups excluding carboxylic acids is 1. The Morgan fingerprint density at radius 2 is 2.00 bits per heavy atom. The molecule has 2 aromatic rings. The van der Waals surface area contributed by atoms with Crippen molar-refractivity contribution in [2.45, 2.75) is 51.6 Å². The Kier molecular flexibility index (Phi) is 5.77. The van der Waals surface area contributed by atoms with Gasteiger partial charge in [0, 0.05) is 18.7 Å². The van der Waals surface area contributed by atoms with Crippen molar-refractivity contribution in [2.75, 3.05) is 19.0 Å². The van der Waals surface area contributed by atoms with Crippen molar-refractivity contribution < 1.29 is 14.3 Å². The molecule has 0 radical (unpaired) electrons. The number of methoxy groups -OCH3 is 1. The first kappa shape index (κ1) is 18.6. The van der Waals surface area contributed by atoms with Crippen molar-refractivity contribution in [2.24, 2.45) is 5.92 Å². The number of benzene rings is 1. The van der Waals surface area contributed by atoms with Crippen LogP contribution in [0.3, 0.4) is 0 Å². The summed E-state index contributed by atoms with van der Waals surface area (Å²) in [6, 6.07) is 7.61. The van der Waals surface area contributed by atoms with E-state index in [-0.39, 0.29) is 5.91 Å². The second-order valence-corrected chi connectivity index (χ2v) is 7.43. The van der Waals surface area contributed by atoms with E-state index in [4.69, 9.17) is 9.47 Å². The van der Waals surface area contributed by atoms with Gasteiger partial charge in [0.1, 0.15) is 16.9 Å². The van der Waals surface area contributed by atoms with E-state index in [1.165, 1.54) is 0 Å². The van der Waals surface area contributed by atoms with Gasteiger partial charge in [-0.25, -0.2) is 0 Å². The summed E-state index contributed by atoms with van der Waals surface area (Å²) < 4.78 is 11.6. The Balaban J connectivity index is 1.88. The van der Waals surface area contributed by atoms with Gasteiger partial charge >= 0.3 is 0 Å². The first-order valence-electron chi connectivity index (χ1n) is 9.43. The molecule has 1 fully saturated rings. The zero-order chi connectivity index (χ0) is 18.6. The molecular formula is C21H28N2O3. The highest BCUT2D eigenvalue weighted by atomic mass is 16.5. The maximum absolute atomic E-state index is 13.0. The molecule has 1 aliphatic rings. The van der Waals surface area contributed by atoms with Crippen LogP contribution in [-0.4, -0.2) is 30.2 Å². The molecular weight excluding hydrogens is 328 g/mol. The lowest BCUT2D eigenvalue weighted by atomic mass is 9.84. The molecule has 5 nitrogen and oxygen atoms in total. The van der Waals surface area contributed by atoms with Gasteiger partial charge in [-0.1, -0.05) is 33.1 Å². The SMILES string of the molecule is COC1(C(=O)Nc2ccc(OCC(C)C)c3ncccc23)CCCCC1. The van der Waals surface area contributed by atoms with Crippen molar-refractivity contribution in [1.82, 2.24) is 4.98 Å². The Hall–Kier alpha value is -2.14. The van der Waals surface area contributed by atoms with Gasteiger partial charge in [-0.3, -0.25) is 9.78 Å². The molecule has 1 heterocycles. The summed E-state index contributed by atoms with van der Waals surface area (Å²) in [5, 5.41) is 3.96. The van der Waals surface area contributed by atoms with Crippen LogP contribution in [-0.2, 0) is 9.53 Å². The van der Waals surface area contributed by atoms with Crippen LogP contribution in [0.2, 0.25) is 0 Å². The molecule has 0 bridgehead atoms. The molecule has 0 unspecified atom stereocenters. The molecule has 5 heteroatoms. The largest absolute Gasteiger partial charge is 0.491 e. The Labute approximate surface area is 155 Å². The number of ether oxygens (including phenoxy) is 2. The van der Waals surface area contributed by atoms with Gasteiger partial charge in [-0.05, 0) is 43.0 Å². The average molecular weight is 356 g/mol. The fourth-order valence-corrected chi connectivity index (χ4v) is 3.51. The van der Waals surface area contributed by atoms with Crippen LogP contribution in [0, 0.1) is 5.92 Å². The first-order chi connectivity index (χ1) is 12.6. The molecule has 1 aliphatic carbocycles. The third-order valence-corrected chi connectivity index (χ3v) is 5.02. The van der Waals surface area contributed by atoms with Gasteiger partial charge in [0.2, 0.25) is 0 Å². The number of rotatable bonds is 6. The highest BCUT2D eigenvalue weighted by Gasteiger charge is 2.39. The molecule has 1 N–H and O–H groups in total. The molecule has 0 atom stereocenters. The van der Waals surface area contributed by atoms with Crippen LogP contribution in [0.1, 0.15) is 46.0 Å². The molecule has 1 amide bonds. The van der Waals surface area contributed by atoms with Crippen LogP contribution in [0.5, 0.6) is 5.75 Å². The predicted octanol–water partition coefficient (Wildman–Crippen LogP) is 4.56. The van der Waals surface area contributed by atoms with Crippen molar-refractivity contribution in [3.8, 4) is 5.75 Å². The first-order valence-corrected chi connectivity index (χ1v) is 9.43. The summed E-state index contributed by atoms with van der Waals surface area (Å²) in [5.41, 5.74) is 0.789. The third kappa shape index (κ3) is 3.83. The Morgan fingerprint density at radius 3 is 2.69 bits per heavy atom. The molecule has 26 heavy (non-hydrogen) atoms. The minimum Gasteiger partial charge on any atom is -0.491 e. The maximum Gasteiger partial charge on any atom is 0.256 e. The zero-order valence-corrected chi connectivity index (χ0v) is 15.9. The molecule has 1 aromatic heterocycles. The highest BCUT2D eigenvalue weighted by Crippen LogP contribution is 2.35. The number of nitrogens with one attached hydrogen (secondary N) is 1. The summed E-state index contributed by atoms with van der Waals surface area (Å²) in [7, 11) is 1.63. The van der Waals surface area contributed by atoms with E-state index in [1.54, 1.807) is 13.3 Å². The van der Waals surface area contributed by atoms with Crippen molar-refractivity contribution in [3.63, 3.8) is 0 Å². The summed E-state index contributed by atoms with van der Waals surface area (Å²) in [5.74, 6) is 1.10. The van der Waals surface area contributed by atoms with Gasteiger partial charge in [-0.15, -0.1) is 0 Å². The van der Waals surface area contributed by atoms with Gasteiger partial charge in [-0.2, -0.15) is 0 Å². The number of carbonyl (C=O) groups is 1. The summed E-state index contributed by atoms with van der Waals surface area (Å²) >= 11 is 0. The molecule has 3 rings (SSSR count). The van der Waals surface area contributed by atoms with Crippen LogP contribution >= 0.6 is 0 Å². The lowest BCUT2D eigenvalue weighted by Crippen LogP contribution is -2.46. The summed E-state index contributed by atoms with van der Waals surface area (Å²) in [6.45, 7) is 4.85. The quantitative estimate of drug-likeness (QED) is 0.824. The third-order valence-electron chi connectivity index (χ3n) is 5.02. The minimum atomic E-state index is -0.723. The van der Waals surface area contributed by atoms with Crippen LogP contribution in [0.15, 0.2) is 30.5 Å². The topological polar surface area (TPSA) is 60.5 Å². The number of aromatic nitrogens is 1. The predicted molar refractivity (Wildman–Crippen MR) is 104 cm³/mol. The maximum atomic E-state index is 13.0. The fourth-order valence-electron chi connectivity index (χ4n) is 3.51. The van der Waals surface area contributed by atoms with Crippen LogP contribution in [0.4, 0.5) is 5.69 Å². The smallest absolute Gasteiger partial charge is 0.256 e. The van der Waals surface area contributed by atoms with Gasteiger partial charge in [0.25, 0.3) is 5.91 Å². The van der Waals surface area contributed by atoms with E-state index in [1.807, 2.05) is 24.3 Å². The minimum absolute atomic E-state index is 0.0688. The number of anilines is 1. The molecule has 0 aliphatic heterocycles. The van der Waals surface area contributed by atoms with E-state index < -0.39 is 5.60 Å². The van der Waals surface area contributed by atoms with Crippen molar-refractivity contribution in [3.05, 3.63) is 30.5 Å². The summed E-state index contributed by atoms with van der Waals surface area (Å²) in [6.07, 6.45) is 6.47. The number of pyridine rings is 1. The van der Waals surface area contributed by atoms with E-state index >= 15 is 0 Å². The normalized spacial score (nSPS) is 16.6. The average Bonchev–Trinajstić information content (AvgIpc) is 2.67. The Bertz CT molecular complexity index is 767. The molecule has 0 saturated heterocycles. The van der Waals surface area contributed by atoms with Crippen LogP contribution in [0.25, 0.3) is 10.9 Å². The van der Waals surface area contributed by atoms with Gasteiger partial charge in [0.05, 0.1) is 12.3 Å². The van der Waals surface area contributed by atoms with Crippen LogP contribution < -0.4 is 10.1 Å². The lowest BCUT2D eigenvalue weighted by molar-refractivity contribution is -0.141. The van der Waals surface area contributed by atoms with Crippen molar-refractivity contribution in [1.29, 1.82) is 0 Å². The van der Waals surface area contributed by atoms with Gasteiger partial charge in [0.15, 0.2) is 0 Å². The lowest BCUT2D eigenvalue weighted by Gasteiger charge is -2.34. The number of nitrogens with zero attached hydrogens (tertiary/aromatic N) is 1. The second-order valence-electron chi connectivity index (χ2n) is 7.43. The second kappa shape index (κ2) is 8.04. The fraction of sp³-hybridized carbons (Fsp3) is 0.524. The Morgan fingerprint density at radius 1 is 1.23 bits per heavy atom. The van der Waals surface area contributed by atoms with E-state index in [9.17, 15) is 4.79 Å². The molecule has 1 saturated carbocycles.